The van der Waals surface area contributed by atoms with Crippen LogP contribution in [0.3, 0.4) is 0 Å². The zero-order chi connectivity index (χ0) is 48.6. The largest absolute Gasteiger partial charge is 0.255 e. The first-order valence-corrected chi connectivity index (χ1v) is 22.8. The van der Waals surface area contributed by atoms with Gasteiger partial charge in [-0.25, -0.2) is 0 Å². The second kappa shape index (κ2) is 22.3. The number of benzene rings is 4. The van der Waals surface area contributed by atoms with Crippen LogP contribution in [0.25, 0.3) is 34.2 Å². The Morgan fingerprint density at radius 1 is 0.167 bits per heavy atom. The highest BCUT2D eigenvalue weighted by Crippen LogP contribution is 2.18. The normalized spacial score (nSPS) is 9.83. The molecule has 0 aliphatic rings. The fourth-order valence-electron chi connectivity index (χ4n) is 7.11. The standard InChI is InChI=1S/C66H36N6/c1-4-37-67-61(7-1)64-46-55(34-40-70-64)28-22-49-10-16-52(17-11-49)25-31-58-43-59(32-26-53-18-12-50(13-19-53)23-29-56-35-41-71-65(47-56)62-8-2-5-38-68-62)45-60(44-58)33-27-54-20-14-51(15-21-54)24-30-57-36-42-72-66(48-57)63-9-3-6-39-69-63/h1-21,34-48H. The van der Waals surface area contributed by atoms with Crippen molar-refractivity contribution in [2.24, 2.45) is 0 Å². The van der Waals surface area contributed by atoms with Gasteiger partial charge in [-0.3, -0.25) is 29.9 Å². The lowest BCUT2D eigenvalue weighted by atomic mass is 10.0. The molecule has 0 spiro atoms. The predicted molar refractivity (Wildman–Crippen MR) is 284 cm³/mol. The maximum atomic E-state index is 4.46. The van der Waals surface area contributed by atoms with Crippen LogP contribution in [-0.2, 0) is 0 Å². The van der Waals surface area contributed by atoms with Crippen molar-refractivity contribution in [1.82, 2.24) is 29.9 Å². The van der Waals surface area contributed by atoms with E-state index in [1.807, 2.05) is 182 Å². The lowest BCUT2D eigenvalue weighted by Gasteiger charge is -1.99. The van der Waals surface area contributed by atoms with Crippen molar-refractivity contribution in [1.29, 1.82) is 0 Å². The van der Waals surface area contributed by atoms with E-state index in [4.69, 9.17) is 0 Å². The van der Waals surface area contributed by atoms with Gasteiger partial charge in [-0.15, -0.1) is 0 Å². The van der Waals surface area contributed by atoms with Gasteiger partial charge in [-0.2, -0.15) is 0 Å². The van der Waals surface area contributed by atoms with Gasteiger partial charge in [0.1, 0.15) is 0 Å². The third-order valence-electron chi connectivity index (χ3n) is 10.8. The van der Waals surface area contributed by atoms with Crippen molar-refractivity contribution in [3.05, 3.63) is 286 Å². The molecule has 330 valence electrons. The summed E-state index contributed by atoms with van der Waals surface area (Å²) in [7, 11) is 0. The van der Waals surface area contributed by atoms with E-state index in [0.29, 0.717) is 0 Å². The smallest absolute Gasteiger partial charge is 0.0898 e. The number of pyridine rings is 6. The number of hydrogen-bond acceptors (Lipinski definition) is 6. The van der Waals surface area contributed by atoms with Crippen LogP contribution >= 0.6 is 0 Å². The maximum Gasteiger partial charge on any atom is 0.0898 e. The number of rotatable bonds is 3. The Kier molecular flexibility index (Phi) is 13.9. The van der Waals surface area contributed by atoms with Crippen molar-refractivity contribution in [3.8, 4) is 105 Å². The molecule has 10 rings (SSSR count). The quantitative estimate of drug-likeness (QED) is 0.164. The average molecular weight is 913 g/mol. The van der Waals surface area contributed by atoms with Crippen LogP contribution in [0.1, 0.15) is 66.8 Å². The number of aromatic nitrogens is 6. The minimum Gasteiger partial charge on any atom is -0.255 e. The molecule has 0 bridgehead atoms. The van der Waals surface area contributed by atoms with Gasteiger partial charge < -0.3 is 0 Å². The fourth-order valence-corrected chi connectivity index (χ4v) is 7.11. The lowest BCUT2D eigenvalue weighted by molar-refractivity contribution is 1.24. The molecule has 6 heterocycles. The van der Waals surface area contributed by atoms with Gasteiger partial charge in [0.25, 0.3) is 0 Å². The van der Waals surface area contributed by atoms with Gasteiger partial charge in [-0.05, 0) is 164 Å². The molecular weight excluding hydrogens is 877 g/mol. The molecule has 0 N–H and O–H groups in total. The average Bonchev–Trinajstić information content (AvgIpc) is 3.45. The summed E-state index contributed by atoms with van der Waals surface area (Å²) in [4.78, 5) is 26.6. The van der Waals surface area contributed by atoms with E-state index in [2.05, 4.69) is 101 Å². The van der Waals surface area contributed by atoms with E-state index in [9.17, 15) is 0 Å². The highest BCUT2D eigenvalue weighted by atomic mass is 14.8. The Hall–Kier alpha value is -10.9. The number of nitrogens with zero attached hydrogens (tertiary/aromatic N) is 6. The van der Waals surface area contributed by atoms with Gasteiger partial charge in [0.05, 0.1) is 34.2 Å². The molecule has 6 aromatic heterocycles. The Balaban J connectivity index is 0.877. The van der Waals surface area contributed by atoms with E-state index in [0.717, 1.165) is 101 Å². The van der Waals surface area contributed by atoms with Crippen molar-refractivity contribution in [3.63, 3.8) is 0 Å². The maximum absolute atomic E-state index is 4.46. The zero-order valence-corrected chi connectivity index (χ0v) is 38.5. The van der Waals surface area contributed by atoms with Crippen LogP contribution in [0.5, 0.6) is 0 Å². The molecule has 6 nitrogen and oxygen atoms in total. The number of hydrogen-bond donors (Lipinski definition) is 0. The summed E-state index contributed by atoms with van der Waals surface area (Å²) < 4.78 is 0. The first-order chi connectivity index (χ1) is 35.6. The van der Waals surface area contributed by atoms with Crippen LogP contribution in [0.2, 0.25) is 0 Å². The molecule has 0 atom stereocenters. The minimum absolute atomic E-state index is 0.779. The van der Waals surface area contributed by atoms with Crippen LogP contribution in [0.15, 0.2) is 219 Å². The highest BCUT2D eigenvalue weighted by molar-refractivity contribution is 5.61. The summed E-state index contributed by atoms with van der Waals surface area (Å²) >= 11 is 0. The molecule has 0 aliphatic carbocycles. The van der Waals surface area contributed by atoms with Crippen LogP contribution in [0.4, 0.5) is 0 Å². The van der Waals surface area contributed by atoms with E-state index in [-0.39, 0.29) is 0 Å². The monoisotopic (exact) mass is 912 g/mol. The molecule has 0 aliphatic heterocycles. The Morgan fingerprint density at radius 2 is 0.389 bits per heavy atom. The van der Waals surface area contributed by atoms with Crippen molar-refractivity contribution >= 4 is 0 Å². The van der Waals surface area contributed by atoms with Gasteiger partial charge in [0.15, 0.2) is 0 Å². The highest BCUT2D eigenvalue weighted by Gasteiger charge is 2.04. The van der Waals surface area contributed by atoms with Gasteiger partial charge in [-0.1, -0.05) is 89.2 Å². The SMILES string of the molecule is C(#Cc1cc(C#Cc2ccc(C#Cc3ccnc(-c4ccccn4)c3)cc2)cc(C#Cc2ccc(C#Cc3ccnc(-c4ccccn4)c3)cc2)c1)c1ccc(C#Cc2ccnc(-c3ccccn3)c2)cc1. The summed E-state index contributed by atoms with van der Waals surface area (Å²) in [5, 5.41) is 0. The zero-order valence-electron chi connectivity index (χ0n) is 38.5. The first-order valence-electron chi connectivity index (χ1n) is 22.8. The molecule has 0 unspecified atom stereocenters. The molecule has 10 aromatic rings. The Labute approximate surface area is 419 Å². The summed E-state index contributed by atoms with van der Waals surface area (Å²) in [6, 6.07) is 58.5. The first kappa shape index (κ1) is 44.9. The van der Waals surface area contributed by atoms with Crippen molar-refractivity contribution < 1.29 is 0 Å². The van der Waals surface area contributed by atoms with Gasteiger partial charge in [0, 0.05) is 104 Å². The van der Waals surface area contributed by atoms with Crippen LogP contribution in [-0.4, -0.2) is 29.9 Å². The van der Waals surface area contributed by atoms with Gasteiger partial charge >= 0.3 is 0 Å². The summed E-state index contributed by atoms with van der Waals surface area (Å²) in [5.41, 5.74) is 14.9. The molecular formula is C66H36N6. The summed E-state index contributed by atoms with van der Waals surface area (Å²) in [5.74, 6) is 39.6. The van der Waals surface area contributed by atoms with E-state index >= 15 is 0 Å². The third-order valence-corrected chi connectivity index (χ3v) is 10.8. The molecule has 0 saturated heterocycles. The molecule has 0 fully saturated rings. The molecule has 0 radical (unpaired) electrons. The van der Waals surface area contributed by atoms with Crippen LogP contribution < -0.4 is 0 Å². The molecule has 0 saturated carbocycles. The third kappa shape index (κ3) is 12.4. The van der Waals surface area contributed by atoms with Crippen LogP contribution in [0, 0.1) is 71.0 Å². The second-order valence-corrected chi connectivity index (χ2v) is 16.0. The van der Waals surface area contributed by atoms with E-state index in [1.54, 1.807) is 37.2 Å². The summed E-state index contributed by atoms with van der Waals surface area (Å²) in [6.45, 7) is 0. The van der Waals surface area contributed by atoms with E-state index in [1.165, 1.54) is 0 Å². The van der Waals surface area contributed by atoms with E-state index < -0.39 is 0 Å². The fraction of sp³-hybridized carbons (Fsp3) is 0. The topological polar surface area (TPSA) is 77.3 Å². The van der Waals surface area contributed by atoms with Crippen molar-refractivity contribution in [2.75, 3.05) is 0 Å². The van der Waals surface area contributed by atoms with Crippen molar-refractivity contribution in [2.45, 2.75) is 0 Å². The molecule has 72 heavy (non-hydrogen) atoms. The second-order valence-electron chi connectivity index (χ2n) is 16.0. The Bertz CT molecular complexity index is 3540. The predicted octanol–water partition coefficient (Wildman–Crippen LogP) is 11.5. The molecule has 6 heteroatoms. The molecule has 4 aromatic carbocycles. The summed E-state index contributed by atoms with van der Waals surface area (Å²) in [6.07, 6.45) is 10.5. The lowest BCUT2D eigenvalue weighted by Crippen LogP contribution is -1.87. The Morgan fingerprint density at radius 3 is 0.625 bits per heavy atom. The molecule has 0 amide bonds. The van der Waals surface area contributed by atoms with Gasteiger partial charge in [0.2, 0.25) is 0 Å². The minimum atomic E-state index is 0.779.